The quantitative estimate of drug-likeness (QED) is 0.776. The van der Waals surface area contributed by atoms with Crippen molar-refractivity contribution in [1.82, 2.24) is 10.5 Å². The number of anilines is 1. The highest BCUT2D eigenvalue weighted by Crippen LogP contribution is 2.17. The SMILES string of the molecule is CCCNC(=O)Nc1c(C)noc1C. The number of nitrogens with zero attached hydrogens (tertiary/aromatic N) is 1. The second kappa shape index (κ2) is 4.64. The maximum absolute atomic E-state index is 11.3. The fourth-order valence-corrected chi connectivity index (χ4v) is 1.06. The van der Waals surface area contributed by atoms with Crippen molar-refractivity contribution < 1.29 is 9.32 Å². The van der Waals surface area contributed by atoms with Crippen molar-refractivity contribution in [3.8, 4) is 0 Å². The van der Waals surface area contributed by atoms with Gasteiger partial charge in [-0.2, -0.15) is 0 Å². The minimum absolute atomic E-state index is 0.221. The molecule has 0 aliphatic rings. The summed E-state index contributed by atoms with van der Waals surface area (Å²) in [4.78, 5) is 11.3. The molecule has 0 bridgehead atoms. The third kappa shape index (κ3) is 2.48. The summed E-state index contributed by atoms with van der Waals surface area (Å²) in [6.45, 7) is 6.20. The number of rotatable bonds is 3. The highest BCUT2D eigenvalue weighted by Gasteiger charge is 2.11. The summed E-state index contributed by atoms with van der Waals surface area (Å²) < 4.78 is 4.91. The first kappa shape index (κ1) is 10.6. The van der Waals surface area contributed by atoms with Crippen LogP contribution in [0, 0.1) is 13.8 Å². The molecule has 0 unspecified atom stereocenters. The molecule has 0 saturated carbocycles. The van der Waals surface area contributed by atoms with Crippen LogP contribution in [0.2, 0.25) is 0 Å². The standard InChI is InChI=1S/C9H15N3O2/c1-4-5-10-9(13)11-8-6(2)12-14-7(8)3/h4-5H2,1-3H3,(H2,10,11,13). The van der Waals surface area contributed by atoms with E-state index in [1.165, 1.54) is 0 Å². The molecule has 5 heteroatoms. The molecule has 5 nitrogen and oxygen atoms in total. The summed E-state index contributed by atoms with van der Waals surface area (Å²) >= 11 is 0. The van der Waals surface area contributed by atoms with Crippen LogP contribution in [0.1, 0.15) is 24.8 Å². The van der Waals surface area contributed by atoms with E-state index in [2.05, 4.69) is 15.8 Å². The van der Waals surface area contributed by atoms with E-state index in [9.17, 15) is 4.79 Å². The van der Waals surface area contributed by atoms with Crippen LogP contribution in [0.15, 0.2) is 4.52 Å². The van der Waals surface area contributed by atoms with Gasteiger partial charge in [0, 0.05) is 6.54 Å². The Bertz CT molecular complexity index is 300. The fraction of sp³-hybridized carbons (Fsp3) is 0.556. The van der Waals surface area contributed by atoms with Gasteiger partial charge < -0.3 is 15.2 Å². The Morgan fingerprint density at radius 3 is 2.71 bits per heavy atom. The molecule has 0 aromatic carbocycles. The summed E-state index contributed by atoms with van der Waals surface area (Å²) in [5.74, 6) is 0.620. The molecule has 0 saturated heterocycles. The van der Waals surface area contributed by atoms with Gasteiger partial charge in [0.15, 0.2) is 5.76 Å². The van der Waals surface area contributed by atoms with E-state index in [-0.39, 0.29) is 6.03 Å². The third-order valence-corrected chi connectivity index (χ3v) is 1.81. The molecule has 0 spiro atoms. The van der Waals surface area contributed by atoms with Gasteiger partial charge in [-0.15, -0.1) is 0 Å². The van der Waals surface area contributed by atoms with Crippen LogP contribution in [-0.4, -0.2) is 17.7 Å². The van der Waals surface area contributed by atoms with Crippen LogP contribution in [0.5, 0.6) is 0 Å². The number of urea groups is 1. The third-order valence-electron chi connectivity index (χ3n) is 1.81. The van der Waals surface area contributed by atoms with Gasteiger partial charge in [-0.05, 0) is 20.3 Å². The summed E-state index contributed by atoms with van der Waals surface area (Å²) in [6, 6.07) is -0.221. The molecule has 0 aliphatic heterocycles. The molecular formula is C9H15N3O2. The van der Waals surface area contributed by atoms with Gasteiger partial charge in [-0.1, -0.05) is 12.1 Å². The van der Waals surface area contributed by atoms with Gasteiger partial charge in [0.25, 0.3) is 0 Å². The number of hydrogen-bond acceptors (Lipinski definition) is 3. The summed E-state index contributed by atoms with van der Waals surface area (Å²) in [5, 5.41) is 9.12. The van der Waals surface area contributed by atoms with Crippen LogP contribution < -0.4 is 10.6 Å². The van der Waals surface area contributed by atoms with Crippen molar-refractivity contribution in [1.29, 1.82) is 0 Å². The first-order valence-electron chi connectivity index (χ1n) is 4.63. The lowest BCUT2D eigenvalue weighted by Crippen LogP contribution is -2.29. The predicted octanol–water partition coefficient (Wildman–Crippen LogP) is 1.82. The molecule has 2 amide bonds. The molecule has 14 heavy (non-hydrogen) atoms. The lowest BCUT2D eigenvalue weighted by molar-refractivity contribution is 0.252. The van der Waals surface area contributed by atoms with Crippen LogP contribution >= 0.6 is 0 Å². The first-order valence-corrected chi connectivity index (χ1v) is 4.63. The number of hydrogen-bond donors (Lipinski definition) is 2. The van der Waals surface area contributed by atoms with E-state index in [1.807, 2.05) is 6.92 Å². The van der Waals surface area contributed by atoms with Gasteiger partial charge in [0.1, 0.15) is 11.4 Å². The zero-order valence-corrected chi connectivity index (χ0v) is 8.68. The van der Waals surface area contributed by atoms with Crippen LogP contribution in [-0.2, 0) is 0 Å². The molecule has 1 heterocycles. The molecule has 1 rings (SSSR count). The van der Waals surface area contributed by atoms with E-state index in [4.69, 9.17) is 4.52 Å². The highest BCUT2D eigenvalue weighted by molar-refractivity contribution is 5.90. The Morgan fingerprint density at radius 2 is 2.21 bits per heavy atom. The number of carbonyl (C=O) groups excluding carboxylic acids is 1. The number of amides is 2. The van der Waals surface area contributed by atoms with E-state index in [0.29, 0.717) is 23.7 Å². The molecule has 0 aliphatic carbocycles. The average molecular weight is 197 g/mol. The van der Waals surface area contributed by atoms with Gasteiger partial charge in [-0.3, -0.25) is 0 Å². The molecule has 78 valence electrons. The topological polar surface area (TPSA) is 67.2 Å². The average Bonchev–Trinajstić information content (AvgIpc) is 2.46. The van der Waals surface area contributed by atoms with Crippen molar-refractivity contribution in [2.45, 2.75) is 27.2 Å². The number of carbonyl (C=O) groups is 1. The monoisotopic (exact) mass is 197 g/mol. The van der Waals surface area contributed by atoms with E-state index in [0.717, 1.165) is 6.42 Å². The van der Waals surface area contributed by atoms with Crippen LogP contribution in [0.4, 0.5) is 10.5 Å². The Labute approximate surface area is 82.8 Å². The fourth-order valence-electron chi connectivity index (χ4n) is 1.06. The van der Waals surface area contributed by atoms with Crippen molar-refractivity contribution in [3.63, 3.8) is 0 Å². The van der Waals surface area contributed by atoms with Crippen molar-refractivity contribution in [2.24, 2.45) is 0 Å². The molecule has 0 fully saturated rings. The number of aryl methyl sites for hydroxylation is 2. The summed E-state index contributed by atoms with van der Waals surface area (Å²) in [6.07, 6.45) is 0.912. The highest BCUT2D eigenvalue weighted by atomic mass is 16.5. The van der Waals surface area contributed by atoms with E-state index < -0.39 is 0 Å². The largest absolute Gasteiger partial charge is 0.359 e. The van der Waals surface area contributed by atoms with Crippen molar-refractivity contribution in [2.75, 3.05) is 11.9 Å². The summed E-state index contributed by atoms with van der Waals surface area (Å²) in [7, 11) is 0. The molecule has 1 aromatic rings. The molecule has 1 aromatic heterocycles. The van der Waals surface area contributed by atoms with Gasteiger partial charge >= 0.3 is 6.03 Å². The Morgan fingerprint density at radius 1 is 1.50 bits per heavy atom. The molecule has 2 N–H and O–H groups in total. The maximum atomic E-state index is 11.3. The van der Waals surface area contributed by atoms with E-state index in [1.54, 1.807) is 13.8 Å². The van der Waals surface area contributed by atoms with Gasteiger partial charge in [-0.25, -0.2) is 4.79 Å². The number of aromatic nitrogens is 1. The van der Waals surface area contributed by atoms with Gasteiger partial charge in [0.2, 0.25) is 0 Å². The predicted molar refractivity (Wildman–Crippen MR) is 53.3 cm³/mol. The Balaban J connectivity index is 2.55. The normalized spacial score (nSPS) is 9.93. The lowest BCUT2D eigenvalue weighted by atomic mass is 10.3. The zero-order valence-electron chi connectivity index (χ0n) is 8.68. The Kier molecular flexibility index (Phi) is 3.50. The number of nitrogens with one attached hydrogen (secondary N) is 2. The minimum atomic E-state index is -0.221. The lowest BCUT2D eigenvalue weighted by Gasteiger charge is -2.04. The molecule has 0 atom stereocenters. The molecular weight excluding hydrogens is 182 g/mol. The zero-order chi connectivity index (χ0) is 10.6. The minimum Gasteiger partial charge on any atom is -0.359 e. The van der Waals surface area contributed by atoms with Gasteiger partial charge in [0.05, 0.1) is 0 Å². The van der Waals surface area contributed by atoms with Crippen LogP contribution in [0.25, 0.3) is 0 Å². The molecule has 0 radical (unpaired) electrons. The van der Waals surface area contributed by atoms with E-state index >= 15 is 0 Å². The van der Waals surface area contributed by atoms with Crippen molar-refractivity contribution in [3.05, 3.63) is 11.5 Å². The summed E-state index contributed by atoms with van der Waals surface area (Å²) in [5.41, 5.74) is 1.34. The second-order valence-corrected chi connectivity index (χ2v) is 3.08. The maximum Gasteiger partial charge on any atom is 0.319 e. The smallest absolute Gasteiger partial charge is 0.319 e. The van der Waals surface area contributed by atoms with Crippen molar-refractivity contribution >= 4 is 11.7 Å². The second-order valence-electron chi connectivity index (χ2n) is 3.08. The van der Waals surface area contributed by atoms with Crippen LogP contribution in [0.3, 0.4) is 0 Å². The first-order chi connectivity index (χ1) is 6.65. The Hall–Kier alpha value is -1.52.